The SMILES string of the molecule is CO[Si](C)(CCCNCC(C)C(=O)O[Si](C(C)C)(C(C)C)C(C)C)OC. The second-order valence-corrected chi connectivity index (χ2v) is 17.4. The Kier molecular flexibility index (Phi) is 11.5. The number of hydrogen-bond donors (Lipinski definition) is 1. The number of hydrogen-bond acceptors (Lipinski definition) is 5. The van der Waals surface area contributed by atoms with E-state index in [2.05, 4.69) is 53.4 Å². The Morgan fingerprint density at radius 2 is 1.38 bits per heavy atom. The van der Waals surface area contributed by atoms with E-state index in [0.29, 0.717) is 23.2 Å². The molecule has 0 aromatic heterocycles. The van der Waals surface area contributed by atoms with Crippen molar-refractivity contribution in [2.24, 2.45) is 5.92 Å². The van der Waals surface area contributed by atoms with E-state index in [9.17, 15) is 4.79 Å². The zero-order valence-electron chi connectivity index (χ0n) is 18.8. The van der Waals surface area contributed by atoms with Crippen LogP contribution in [-0.2, 0) is 18.1 Å². The van der Waals surface area contributed by atoms with Crippen LogP contribution in [0, 0.1) is 5.92 Å². The molecule has 156 valence electrons. The fourth-order valence-corrected chi connectivity index (χ4v) is 10.5. The fraction of sp³-hybridized carbons (Fsp3) is 0.947. The Balaban J connectivity index is 4.55. The monoisotopic (exact) mass is 405 g/mol. The third kappa shape index (κ3) is 7.07. The van der Waals surface area contributed by atoms with Gasteiger partial charge in [0.15, 0.2) is 0 Å². The fourth-order valence-electron chi connectivity index (χ4n) is 3.85. The van der Waals surface area contributed by atoms with Gasteiger partial charge in [0.25, 0.3) is 14.3 Å². The zero-order valence-corrected chi connectivity index (χ0v) is 20.8. The molecule has 26 heavy (non-hydrogen) atoms. The van der Waals surface area contributed by atoms with Crippen molar-refractivity contribution in [1.29, 1.82) is 0 Å². The predicted molar refractivity (Wildman–Crippen MR) is 114 cm³/mol. The van der Waals surface area contributed by atoms with Crippen LogP contribution in [0.4, 0.5) is 0 Å². The zero-order chi connectivity index (χ0) is 20.5. The molecule has 0 amide bonds. The molecule has 0 fully saturated rings. The lowest BCUT2D eigenvalue weighted by Crippen LogP contribution is -2.50. The second kappa shape index (κ2) is 11.6. The topological polar surface area (TPSA) is 56.8 Å². The first-order valence-corrected chi connectivity index (χ1v) is 14.7. The molecule has 0 rings (SSSR count). The summed E-state index contributed by atoms with van der Waals surface area (Å²) < 4.78 is 17.2. The van der Waals surface area contributed by atoms with E-state index in [1.54, 1.807) is 14.2 Å². The molecular formula is C19H43NO4Si2. The van der Waals surface area contributed by atoms with Gasteiger partial charge in [0, 0.05) is 20.8 Å². The molecule has 0 aliphatic carbocycles. The normalized spacial score (nSPS) is 14.3. The molecule has 0 saturated carbocycles. The van der Waals surface area contributed by atoms with E-state index in [4.69, 9.17) is 13.3 Å². The molecule has 0 heterocycles. The summed E-state index contributed by atoms with van der Waals surface area (Å²) in [5.74, 6) is -0.181. The number of nitrogens with one attached hydrogen (secondary N) is 1. The molecule has 0 saturated heterocycles. The van der Waals surface area contributed by atoms with Crippen LogP contribution in [0.3, 0.4) is 0 Å². The van der Waals surface area contributed by atoms with E-state index in [1.165, 1.54) is 0 Å². The maximum atomic E-state index is 12.7. The molecule has 0 aromatic rings. The van der Waals surface area contributed by atoms with Gasteiger partial charge in [-0.1, -0.05) is 48.5 Å². The van der Waals surface area contributed by atoms with Crippen LogP contribution >= 0.6 is 0 Å². The minimum absolute atomic E-state index is 0.0479. The van der Waals surface area contributed by atoms with Crippen LogP contribution in [0.15, 0.2) is 0 Å². The predicted octanol–water partition coefficient (Wildman–Crippen LogP) is 4.69. The summed E-state index contributed by atoms with van der Waals surface area (Å²) in [6.45, 7) is 18.8. The van der Waals surface area contributed by atoms with Crippen LogP contribution in [0.2, 0.25) is 29.2 Å². The van der Waals surface area contributed by atoms with Crippen molar-refractivity contribution in [1.82, 2.24) is 5.32 Å². The Bertz CT molecular complexity index is 391. The summed E-state index contributed by atoms with van der Waals surface area (Å²) in [7, 11) is -0.704. The molecule has 0 aromatic carbocycles. The van der Waals surface area contributed by atoms with Gasteiger partial charge in [-0.05, 0) is 42.2 Å². The van der Waals surface area contributed by atoms with Crippen LogP contribution < -0.4 is 5.32 Å². The van der Waals surface area contributed by atoms with E-state index in [1.807, 2.05) is 6.92 Å². The van der Waals surface area contributed by atoms with Gasteiger partial charge in [-0.15, -0.1) is 0 Å². The number of carbonyl (C=O) groups is 1. The van der Waals surface area contributed by atoms with Gasteiger partial charge < -0.3 is 18.6 Å². The molecule has 1 unspecified atom stereocenters. The number of carbonyl (C=O) groups excluding carboxylic acids is 1. The third-order valence-corrected chi connectivity index (χ3v) is 14.6. The minimum atomic E-state index is -2.15. The summed E-state index contributed by atoms with van der Waals surface area (Å²) in [6.07, 6.45) is 0.981. The van der Waals surface area contributed by atoms with Crippen LogP contribution in [0.25, 0.3) is 0 Å². The number of rotatable bonds is 13. The Morgan fingerprint density at radius 1 is 0.923 bits per heavy atom. The van der Waals surface area contributed by atoms with Gasteiger partial charge in [-0.25, -0.2) is 0 Å². The van der Waals surface area contributed by atoms with Gasteiger partial charge in [0.1, 0.15) is 0 Å². The summed E-state index contributed by atoms with van der Waals surface area (Å²) in [5.41, 5.74) is 1.24. The van der Waals surface area contributed by atoms with E-state index < -0.39 is 16.9 Å². The lowest BCUT2D eigenvalue weighted by Gasteiger charge is -2.41. The quantitative estimate of drug-likeness (QED) is 0.356. The van der Waals surface area contributed by atoms with Crippen LogP contribution in [-0.4, -0.2) is 50.2 Å². The highest BCUT2D eigenvalue weighted by atomic mass is 28.4. The van der Waals surface area contributed by atoms with Crippen molar-refractivity contribution in [2.45, 2.75) is 84.1 Å². The molecule has 0 aliphatic heterocycles. The Labute approximate surface area is 163 Å². The molecule has 0 bridgehead atoms. The van der Waals surface area contributed by atoms with Crippen molar-refractivity contribution >= 4 is 22.8 Å². The first kappa shape index (κ1) is 25.8. The lowest BCUT2D eigenvalue weighted by atomic mass is 10.2. The first-order valence-electron chi connectivity index (χ1n) is 10.0. The largest absolute Gasteiger partial charge is 0.518 e. The summed E-state index contributed by atoms with van der Waals surface area (Å²) in [6, 6.07) is 0.940. The highest BCUT2D eigenvalue weighted by Gasteiger charge is 2.48. The maximum absolute atomic E-state index is 12.7. The summed E-state index contributed by atoms with van der Waals surface area (Å²) in [5, 5.41) is 3.39. The van der Waals surface area contributed by atoms with E-state index >= 15 is 0 Å². The third-order valence-electron chi connectivity index (χ3n) is 5.69. The molecule has 0 radical (unpaired) electrons. The van der Waals surface area contributed by atoms with Crippen molar-refractivity contribution in [3.63, 3.8) is 0 Å². The van der Waals surface area contributed by atoms with Crippen LogP contribution in [0.1, 0.15) is 54.9 Å². The molecule has 7 heteroatoms. The molecule has 5 nitrogen and oxygen atoms in total. The van der Waals surface area contributed by atoms with Gasteiger partial charge >= 0.3 is 8.56 Å². The maximum Gasteiger partial charge on any atom is 0.334 e. The van der Waals surface area contributed by atoms with Gasteiger partial charge in [-0.3, -0.25) is 4.79 Å². The molecule has 0 spiro atoms. The highest BCUT2D eigenvalue weighted by molar-refractivity contribution is 6.78. The molecular weight excluding hydrogens is 362 g/mol. The van der Waals surface area contributed by atoms with Gasteiger partial charge in [0.05, 0.1) is 5.92 Å². The molecule has 0 aliphatic rings. The first-order chi connectivity index (χ1) is 12.0. The summed E-state index contributed by atoms with van der Waals surface area (Å²) >= 11 is 0. The molecule has 1 N–H and O–H groups in total. The van der Waals surface area contributed by atoms with Gasteiger partial charge in [0.2, 0.25) is 0 Å². The Hall–Kier alpha value is -0.216. The second-order valence-electron chi connectivity index (χ2n) is 8.49. The molecule has 1 atom stereocenters. The Morgan fingerprint density at radius 3 is 1.77 bits per heavy atom. The van der Waals surface area contributed by atoms with E-state index in [0.717, 1.165) is 19.0 Å². The average Bonchev–Trinajstić information content (AvgIpc) is 2.57. The van der Waals surface area contributed by atoms with Crippen molar-refractivity contribution in [3.8, 4) is 0 Å². The van der Waals surface area contributed by atoms with Crippen LogP contribution in [0.5, 0.6) is 0 Å². The van der Waals surface area contributed by atoms with Crippen molar-refractivity contribution in [2.75, 3.05) is 27.3 Å². The van der Waals surface area contributed by atoms with Gasteiger partial charge in [-0.2, -0.15) is 0 Å². The summed E-state index contributed by atoms with van der Waals surface area (Å²) in [4.78, 5) is 12.7. The lowest BCUT2D eigenvalue weighted by molar-refractivity contribution is -0.139. The smallest absolute Gasteiger partial charge is 0.334 e. The van der Waals surface area contributed by atoms with Crippen molar-refractivity contribution < 1.29 is 18.1 Å². The highest BCUT2D eigenvalue weighted by Crippen LogP contribution is 2.42. The van der Waals surface area contributed by atoms with E-state index in [-0.39, 0.29) is 11.9 Å². The minimum Gasteiger partial charge on any atom is -0.518 e. The van der Waals surface area contributed by atoms with Crippen molar-refractivity contribution in [3.05, 3.63) is 0 Å². The standard InChI is InChI=1S/C19H43NO4Si2/c1-15(2)26(16(3)4,17(5)6)24-19(21)18(7)14-20-12-11-13-25(10,22-8)23-9/h15-18,20H,11-14H2,1-10H3. The average molecular weight is 406 g/mol.